The van der Waals surface area contributed by atoms with Crippen LogP contribution in [0.1, 0.15) is 5.56 Å². The van der Waals surface area contributed by atoms with Crippen molar-refractivity contribution in [2.45, 2.75) is 6.18 Å². The van der Waals surface area contributed by atoms with Crippen LogP contribution in [0.15, 0.2) is 42.5 Å². The van der Waals surface area contributed by atoms with E-state index in [4.69, 9.17) is 0 Å². The lowest BCUT2D eigenvalue weighted by molar-refractivity contribution is -0.136. The van der Waals surface area contributed by atoms with Gasteiger partial charge in [-0.2, -0.15) is 13.2 Å². The summed E-state index contributed by atoms with van der Waals surface area (Å²) in [5.41, 5.74) is -0.0672. The van der Waals surface area contributed by atoms with Crippen LogP contribution in [0.25, 0.3) is 20.4 Å². The van der Waals surface area contributed by atoms with Crippen LogP contribution in [-0.4, -0.2) is 10.5 Å². The molecule has 3 aromatic rings. The molecule has 0 unspecified atom stereocenters. The highest BCUT2D eigenvalue weighted by atomic mass is 127. The Kier molecular flexibility index (Phi) is 14.7. The predicted octanol–water partition coefficient (Wildman–Crippen LogP) is 2.78. The minimum Gasteiger partial charge on any atom is -1.00 e. The van der Waals surface area contributed by atoms with E-state index in [0.29, 0.717) is 10.2 Å². The smallest absolute Gasteiger partial charge is 0.418 e. The summed E-state index contributed by atoms with van der Waals surface area (Å²) in [6.45, 7) is 0. The van der Waals surface area contributed by atoms with Gasteiger partial charge in [-0.3, -0.25) is 0 Å². The molecule has 0 radical (unpaired) electrons. The molecule has 0 spiro atoms. The number of aromatic nitrogens is 1. The summed E-state index contributed by atoms with van der Waals surface area (Å²) in [4.78, 5) is 4.13. The molecule has 3 rings (SSSR count). The van der Waals surface area contributed by atoms with Gasteiger partial charge in [0.25, 0.3) is 9.40 Å². The van der Waals surface area contributed by atoms with Crippen LogP contribution in [0.5, 0.6) is 0 Å². The van der Waals surface area contributed by atoms with E-state index in [1.165, 1.54) is 17.4 Å². The molecule has 0 saturated heterocycles. The molecule has 2 N–H and O–H groups in total. The summed E-state index contributed by atoms with van der Waals surface area (Å²) in [6.07, 6.45) is -4.37. The summed E-state index contributed by atoms with van der Waals surface area (Å²) >= 11 is 1.32. The zero-order valence-corrected chi connectivity index (χ0v) is 21.1. The number of fused-ring (bicyclic) bond motifs is 2. The molecule has 0 aliphatic carbocycles. The number of para-hydroxylation sites is 2. The predicted molar refractivity (Wildman–Crippen MR) is 116 cm³/mol. The van der Waals surface area contributed by atoms with E-state index in [1.54, 1.807) is 18.2 Å². The van der Waals surface area contributed by atoms with Crippen molar-refractivity contribution in [1.29, 1.82) is 0 Å². The molecule has 2 aromatic carbocycles. The highest BCUT2D eigenvalue weighted by molar-refractivity contribution is 14.0. The van der Waals surface area contributed by atoms with E-state index in [9.17, 15) is 13.2 Å². The van der Waals surface area contributed by atoms with Crippen molar-refractivity contribution in [2.24, 2.45) is 0 Å². The van der Waals surface area contributed by atoms with E-state index in [0.717, 1.165) is 10.8 Å². The number of benzene rings is 2. The first kappa shape index (κ1) is 28.9. The van der Waals surface area contributed by atoms with Crippen molar-refractivity contribution < 1.29 is 42.6 Å². The molecule has 0 aliphatic rings. The van der Waals surface area contributed by atoms with Crippen LogP contribution < -0.4 is 24.0 Å². The van der Waals surface area contributed by atoms with Crippen molar-refractivity contribution in [2.75, 3.05) is 0 Å². The lowest BCUT2D eigenvalue weighted by Gasteiger charge is -2.06. The van der Waals surface area contributed by atoms with Crippen LogP contribution in [0.3, 0.4) is 0 Å². The molecule has 2 nitrogen and oxygen atoms in total. The van der Waals surface area contributed by atoms with Gasteiger partial charge in [-0.15, -0.1) is 71.9 Å². The topological polar surface area (TPSA) is 44.4 Å². The van der Waals surface area contributed by atoms with Gasteiger partial charge in [0, 0.05) is 12.1 Å². The second kappa shape index (κ2) is 11.7. The fourth-order valence-corrected chi connectivity index (χ4v) is 2.82. The number of nitrogens with zero attached hydrogens (tertiary/aromatic N) is 1. The summed E-state index contributed by atoms with van der Waals surface area (Å²) in [5, 5.41) is 0. The Morgan fingerprint density at radius 2 is 1.39 bits per heavy atom. The Morgan fingerprint density at radius 3 is 2.00 bits per heavy atom. The van der Waals surface area contributed by atoms with E-state index in [2.05, 4.69) is 4.98 Å². The molecule has 1 heterocycles. The van der Waals surface area contributed by atoms with Crippen molar-refractivity contribution in [1.82, 2.24) is 4.98 Å². The Labute approximate surface area is 203 Å². The SMILES string of the molecule is FC(F)(F)c1cccc2[s+]c3ccccc3nc12.I.I.I.O.[I-]. The zero-order chi connectivity index (χ0) is 12.8. The van der Waals surface area contributed by atoms with Crippen LogP contribution in [0.2, 0.25) is 0 Å². The maximum Gasteiger partial charge on any atom is 0.418 e. The molecule has 1 aromatic heterocycles. The number of hydrogen-bond donors (Lipinski definition) is 0. The highest BCUT2D eigenvalue weighted by Crippen LogP contribution is 2.36. The van der Waals surface area contributed by atoms with Gasteiger partial charge in [0.05, 0.1) is 5.56 Å². The summed E-state index contributed by atoms with van der Waals surface area (Å²) in [5.74, 6) is 0. The van der Waals surface area contributed by atoms with Crippen molar-refractivity contribution >= 4 is 104 Å². The lowest BCUT2D eigenvalue weighted by Crippen LogP contribution is -3.00. The first-order valence-corrected chi connectivity index (χ1v) is 6.06. The Morgan fingerprint density at radius 1 is 0.826 bits per heavy atom. The van der Waals surface area contributed by atoms with Crippen molar-refractivity contribution in [3.05, 3.63) is 48.0 Å². The second-order valence-electron chi connectivity index (χ2n) is 3.83. The van der Waals surface area contributed by atoms with Crippen molar-refractivity contribution in [3.63, 3.8) is 0 Å². The van der Waals surface area contributed by atoms with Gasteiger partial charge in [0.2, 0.25) is 11.3 Å². The molecule has 23 heavy (non-hydrogen) atoms. The molecule has 10 heteroatoms. The number of rotatable bonds is 0. The van der Waals surface area contributed by atoms with Gasteiger partial charge in [-0.25, -0.2) is 4.98 Å². The summed E-state index contributed by atoms with van der Waals surface area (Å²) < 4.78 is 40.1. The fourth-order valence-electron chi connectivity index (χ4n) is 1.82. The van der Waals surface area contributed by atoms with Crippen LogP contribution >= 0.6 is 83.3 Å². The molecule has 0 bridgehead atoms. The number of alkyl halides is 3. The van der Waals surface area contributed by atoms with Gasteiger partial charge in [0.1, 0.15) is 11.0 Å². The van der Waals surface area contributed by atoms with Crippen molar-refractivity contribution in [3.8, 4) is 0 Å². The van der Waals surface area contributed by atoms with Gasteiger partial charge < -0.3 is 29.5 Å². The van der Waals surface area contributed by atoms with Crippen LogP contribution in [-0.2, 0) is 6.18 Å². The normalized spacial score (nSPS) is 9.52. The maximum absolute atomic E-state index is 12.9. The van der Waals surface area contributed by atoms with E-state index < -0.39 is 11.7 Å². The molecule has 0 atom stereocenters. The number of halogens is 7. The summed E-state index contributed by atoms with van der Waals surface area (Å²) in [6, 6.07) is 11.3. The van der Waals surface area contributed by atoms with Crippen LogP contribution in [0.4, 0.5) is 13.2 Å². The minimum atomic E-state index is -4.37. The monoisotopic (exact) mass is 795 g/mol. The third kappa shape index (κ3) is 6.41. The van der Waals surface area contributed by atoms with Gasteiger partial charge in [-0.05, 0) is 12.1 Å². The largest absolute Gasteiger partial charge is 1.00 e. The average molecular weight is 795 g/mol. The zero-order valence-electron chi connectivity index (χ0n) is 11.1. The first-order chi connectivity index (χ1) is 8.55. The number of hydrogen-bond acceptors (Lipinski definition) is 1. The fraction of sp³-hybridized carbons (Fsp3) is 0.0769. The van der Waals surface area contributed by atoms with E-state index in [1.807, 2.05) is 12.1 Å². The minimum absolute atomic E-state index is 0. The molecule has 0 aliphatic heterocycles. The standard InChI is InChI=1S/C13H7F3NS.4HI.H2O/c14-13(15,16)8-4-3-7-11-12(8)17-9-5-1-2-6-10(9)18-11;;;;;/h1-7H;4*1H;1H2/q+1;;;;;/p-1. The molecular weight excluding hydrogens is 783 g/mol. The Balaban J connectivity index is -0.000000800. The highest BCUT2D eigenvalue weighted by Gasteiger charge is 2.34. The third-order valence-electron chi connectivity index (χ3n) is 2.62. The second-order valence-corrected chi connectivity index (χ2v) is 4.92. The molecular formula is C13H12F3I4NOS. The quantitative estimate of drug-likeness (QED) is 0.197. The van der Waals surface area contributed by atoms with Crippen LogP contribution in [0, 0.1) is 0 Å². The molecule has 0 fully saturated rings. The molecule has 0 saturated carbocycles. The van der Waals surface area contributed by atoms with Gasteiger partial charge in [-0.1, -0.05) is 18.2 Å². The molecule has 130 valence electrons. The van der Waals surface area contributed by atoms with Gasteiger partial charge in [0.15, 0.2) is 0 Å². The van der Waals surface area contributed by atoms with Gasteiger partial charge >= 0.3 is 6.18 Å². The summed E-state index contributed by atoms with van der Waals surface area (Å²) in [7, 11) is 0. The molecule has 0 amide bonds. The average Bonchev–Trinajstić information content (AvgIpc) is 2.34. The first-order valence-electron chi connectivity index (χ1n) is 5.24. The van der Waals surface area contributed by atoms with E-state index in [-0.39, 0.29) is 107 Å². The third-order valence-corrected chi connectivity index (χ3v) is 3.74. The Bertz CT molecular complexity index is 758. The van der Waals surface area contributed by atoms with E-state index >= 15 is 0 Å². The Hall–Kier alpha value is 1.13. The maximum atomic E-state index is 12.9. The lowest BCUT2D eigenvalue weighted by atomic mass is 10.2.